The number of rotatable bonds is 6. The highest BCUT2D eigenvalue weighted by molar-refractivity contribution is 7.03. The van der Waals surface area contributed by atoms with Gasteiger partial charge in [0.2, 0.25) is 5.91 Å². The van der Waals surface area contributed by atoms with Gasteiger partial charge in [-0.15, -0.1) is 5.10 Å². The van der Waals surface area contributed by atoms with Crippen molar-refractivity contribution in [2.45, 2.75) is 44.7 Å². The number of hydrogen-bond donors (Lipinski definition) is 1. The van der Waals surface area contributed by atoms with Crippen molar-refractivity contribution < 1.29 is 14.0 Å². The summed E-state index contributed by atoms with van der Waals surface area (Å²) in [5.74, 6) is -1.14. The maximum Gasteiger partial charge on any atom is 0.280 e. The Bertz CT molecular complexity index is 1050. The molecule has 2 aromatic carbocycles. The molecule has 31 heavy (non-hydrogen) atoms. The van der Waals surface area contributed by atoms with Gasteiger partial charge in [-0.3, -0.25) is 14.5 Å². The van der Waals surface area contributed by atoms with Gasteiger partial charge in [-0.1, -0.05) is 41.6 Å². The maximum atomic E-state index is 13.6. The van der Waals surface area contributed by atoms with Crippen LogP contribution in [0.5, 0.6) is 0 Å². The summed E-state index contributed by atoms with van der Waals surface area (Å²) in [5, 5.41) is 8.58. The van der Waals surface area contributed by atoms with Gasteiger partial charge in [0, 0.05) is 17.1 Å². The van der Waals surface area contributed by atoms with E-state index < -0.39 is 17.8 Å². The zero-order valence-corrected chi connectivity index (χ0v) is 17.9. The maximum absolute atomic E-state index is 13.6. The van der Waals surface area contributed by atoms with E-state index in [4.69, 9.17) is 0 Å². The quantitative estimate of drug-likeness (QED) is 0.618. The second-order valence-corrected chi connectivity index (χ2v) is 8.36. The van der Waals surface area contributed by atoms with Crippen LogP contribution in [0.2, 0.25) is 0 Å². The van der Waals surface area contributed by atoms with Gasteiger partial charge in [-0.05, 0) is 66.7 Å². The Morgan fingerprint density at radius 3 is 2.55 bits per heavy atom. The van der Waals surface area contributed by atoms with E-state index in [1.165, 1.54) is 17.0 Å². The molecule has 6 nitrogen and oxygen atoms in total. The van der Waals surface area contributed by atoms with E-state index in [1.54, 1.807) is 23.6 Å². The number of aryl methyl sites for hydroxylation is 1. The van der Waals surface area contributed by atoms with E-state index in [2.05, 4.69) is 14.9 Å². The van der Waals surface area contributed by atoms with E-state index in [-0.39, 0.29) is 17.6 Å². The fourth-order valence-corrected chi connectivity index (χ4v) is 4.39. The van der Waals surface area contributed by atoms with Crippen LogP contribution in [0.25, 0.3) is 0 Å². The molecule has 1 unspecified atom stereocenters. The molecule has 1 aromatic heterocycles. The molecule has 0 saturated heterocycles. The largest absolute Gasteiger partial charge is 0.351 e. The van der Waals surface area contributed by atoms with Gasteiger partial charge in [0.1, 0.15) is 11.9 Å². The number of benzene rings is 2. The Morgan fingerprint density at radius 2 is 1.90 bits per heavy atom. The van der Waals surface area contributed by atoms with Crippen molar-refractivity contribution in [2.75, 3.05) is 4.90 Å². The van der Waals surface area contributed by atoms with Crippen molar-refractivity contribution in [3.05, 3.63) is 76.5 Å². The van der Waals surface area contributed by atoms with E-state index in [0.29, 0.717) is 11.3 Å². The molecular weight excluding hydrogens is 415 g/mol. The molecule has 4 rings (SSSR count). The van der Waals surface area contributed by atoms with Gasteiger partial charge in [0.25, 0.3) is 5.91 Å². The van der Waals surface area contributed by atoms with Crippen LogP contribution in [0.3, 0.4) is 0 Å². The second-order valence-electron chi connectivity index (χ2n) is 7.75. The van der Waals surface area contributed by atoms with Crippen LogP contribution < -0.4 is 10.2 Å². The van der Waals surface area contributed by atoms with Crippen LogP contribution in [0, 0.1) is 12.7 Å². The standard InChI is InChI=1S/C23H23FN4O2S/c1-15-5-4-8-19(13-15)28(23(30)20-14-31-27-26-20)21(16-9-11-17(24)12-10-16)22(29)25-18-6-2-3-7-18/h4-5,8-14,18,21H,2-3,6-7H2,1H3,(H,25,29). The number of carbonyl (C=O) groups is 2. The molecule has 1 atom stereocenters. The molecule has 3 aromatic rings. The van der Waals surface area contributed by atoms with E-state index in [9.17, 15) is 14.0 Å². The minimum absolute atomic E-state index is 0.0749. The molecule has 2 amide bonds. The first kappa shape index (κ1) is 21.1. The Morgan fingerprint density at radius 1 is 1.16 bits per heavy atom. The van der Waals surface area contributed by atoms with Crippen LogP contribution >= 0.6 is 11.5 Å². The normalized spacial score (nSPS) is 14.9. The fourth-order valence-electron chi connectivity index (χ4n) is 3.96. The summed E-state index contributed by atoms with van der Waals surface area (Å²) in [4.78, 5) is 28.5. The zero-order chi connectivity index (χ0) is 21.8. The number of nitrogens with one attached hydrogen (secondary N) is 1. The highest BCUT2D eigenvalue weighted by Crippen LogP contribution is 2.31. The van der Waals surface area contributed by atoms with Crippen molar-refractivity contribution in [3.63, 3.8) is 0 Å². The Hall–Kier alpha value is -3.13. The minimum atomic E-state index is -0.975. The lowest BCUT2D eigenvalue weighted by Gasteiger charge is -2.32. The second kappa shape index (κ2) is 9.34. The van der Waals surface area contributed by atoms with Crippen LogP contribution in [0.1, 0.15) is 53.3 Å². The predicted molar refractivity (Wildman–Crippen MR) is 117 cm³/mol. The molecule has 0 spiro atoms. The van der Waals surface area contributed by atoms with E-state index in [0.717, 1.165) is 42.8 Å². The summed E-state index contributed by atoms with van der Waals surface area (Å²) < 4.78 is 17.4. The third-order valence-electron chi connectivity index (χ3n) is 5.47. The van der Waals surface area contributed by atoms with Crippen molar-refractivity contribution >= 4 is 29.0 Å². The van der Waals surface area contributed by atoms with Gasteiger partial charge < -0.3 is 5.32 Å². The molecule has 0 bridgehead atoms. The highest BCUT2D eigenvalue weighted by atomic mass is 32.1. The van der Waals surface area contributed by atoms with Gasteiger partial charge in [0.15, 0.2) is 5.69 Å². The fraction of sp³-hybridized carbons (Fsp3) is 0.304. The molecule has 1 aliphatic carbocycles. The lowest BCUT2D eigenvalue weighted by Crippen LogP contribution is -2.46. The lowest BCUT2D eigenvalue weighted by molar-refractivity contribution is -0.123. The van der Waals surface area contributed by atoms with Crippen molar-refractivity contribution in [3.8, 4) is 0 Å². The summed E-state index contributed by atoms with van der Waals surface area (Å²) in [5.41, 5.74) is 2.19. The number of nitrogens with zero attached hydrogens (tertiary/aromatic N) is 3. The average molecular weight is 439 g/mol. The first-order valence-electron chi connectivity index (χ1n) is 10.3. The molecule has 1 N–H and O–H groups in total. The minimum Gasteiger partial charge on any atom is -0.351 e. The molecule has 1 aliphatic rings. The summed E-state index contributed by atoms with van der Waals surface area (Å²) in [6.45, 7) is 1.92. The average Bonchev–Trinajstić information content (AvgIpc) is 3.46. The molecule has 0 aliphatic heterocycles. The first-order chi connectivity index (χ1) is 15.0. The van der Waals surface area contributed by atoms with Crippen molar-refractivity contribution in [1.29, 1.82) is 0 Å². The summed E-state index contributed by atoms with van der Waals surface area (Å²) in [6, 6.07) is 12.2. The molecular formula is C23H23FN4O2S. The Kier molecular flexibility index (Phi) is 6.36. The Labute approximate surface area is 184 Å². The molecule has 0 radical (unpaired) electrons. The highest BCUT2D eigenvalue weighted by Gasteiger charge is 2.35. The van der Waals surface area contributed by atoms with Gasteiger partial charge >= 0.3 is 0 Å². The molecule has 160 valence electrons. The third-order valence-corrected chi connectivity index (χ3v) is 5.98. The van der Waals surface area contributed by atoms with Gasteiger partial charge in [0.05, 0.1) is 0 Å². The number of hydrogen-bond acceptors (Lipinski definition) is 5. The summed E-state index contributed by atoms with van der Waals surface area (Å²) in [6.07, 6.45) is 3.96. The van der Waals surface area contributed by atoms with Crippen molar-refractivity contribution in [1.82, 2.24) is 14.9 Å². The van der Waals surface area contributed by atoms with Crippen LogP contribution in [0.4, 0.5) is 10.1 Å². The van der Waals surface area contributed by atoms with E-state index in [1.807, 2.05) is 25.1 Å². The predicted octanol–water partition coefficient (Wildman–Crippen LogP) is 4.43. The Balaban J connectivity index is 1.80. The number of aromatic nitrogens is 2. The van der Waals surface area contributed by atoms with Gasteiger partial charge in [-0.2, -0.15) is 0 Å². The van der Waals surface area contributed by atoms with Crippen LogP contribution in [-0.2, 0) is 4.79 Å². The van der Waals surface area contributed by atoms with E-state index >= 15 is 0 Å². The SMILES string of the molecule is Cc1cccc(N(C(=O)c2csnn2)C(C(=O)NC2CCCC2)c2ccc(F)cc2)c1. The number of halogens is 1. The van der Waals surface area contributed by atoms with Gasteiger partial charge in [-0.25, -0.2) is 4.39 Å². The molecule has 1 fully saturated rings. The number of amides is 2. The topological polar surface area (TPSA) is 75.2 Å². The molecule has 1 heterocycles. The molecule has 1 saturated carbocycles. The molecule has 8 heteroatoms. The smallest absolute Gasteiger partial charge is 0.280 e. The summed E-state index contributed by atoms with van der Waals surface area (Å²) in [7, 11) is 0. The monoisotopic (exact) mass is 438 g/mol. The third kappa shape index (κ3) is 4.80. The van der Waals surface area contributed by atoms with Crippen LogP contribution in [0.15, 0.2) is 53.9 Å². The zero-order valence-electron chi connectivity index (χ0n) is 17.1. The number of carbonyl (C=O) groups excluding carboxylic acids is 2. The first-order valence-corrected chi connectivity index (χ1v) is 11.1. The van der Waals surface area contributed by atoms with Crippen molar-refractivity contribution in [2.24, 2.45) is 0 Å². The van der Waals surface area contributed by atoms with Crippen LogP contribution in [-0.4, -0.2) is 27.4 Å². The summed E-state index contributed by atoms with van der Waals surface area (Å²) >= 11 is 1.07. The number of anilines is 1. The lowest BCUT2D eigenvalue weighted by atomic mass is 10.0.